The molecule has 0 spiro atoms. The van der Waals surface area contributed by atoms with Crippen LogP contribution in [0.2, 0.25) is 0 Å². The molecule has 0 amide bonds. The van der Waals surface area contributed by atoms with Gasteiger partial charge in [0.05, 0.1) is 0 Å². The van der Waals surface area contributed by atoms with Gasteiger partial charge in [-0.1, -0.05) is 51.1 Å². The topological polar surface area (TPSA) is 32.3 Å². The number of aliphatic hydroxyl groups excluding tert-OH is 1. The molecule has 1 unspecified atom stereocenters. The zero-order valence-electron chi connectivity index (χ0n) is 12.0. The van der Waals surface area contributed by atoms with Gasteiger partial charge in [-0.25, -0.2) is 0 Å². The highest BCUT2D eigenvalue weighted by molar-refractivity contribution is 5.85. The average Bonchev–Trinajstić information content (AvgIpc) is 2.37. The fourth-order valence-corrected chi connectivity index (χ4v) is 2.33. The Bertz CT molecular complexity index is 542. The summed E-state index contributed by atoms with van der Waals surface area (Å²) in [7, 11) is 0. The Kier molecular flexibility index (Phi) is 4.11. The molecule has 0 bridgehead atoms. The predicted octanol–water partition coefficient (Wildman–Crippen LogP) is 4.05. The van der Waals surface area contributed by atoms with Crippen LogP contribution in [0.5, 0.6) is 0 Å². The first-order valence-electron chi connectivity index (χ1n) is 6.87. The molecule has 2 aromatic carbocycles. The predicted molar refractivity (Wildman–Crippen MR) is 82.5 cm³/mol. The number of nitrogens with one attached hydrogen (secondary N) is 1. The first-order chi connectivity index (χ1) is 9.00. The van der Waals surface area contributed by atoms with E-state index >= 15 is 0 Å². The van der Waals surface area contributed by atoms with Gasteiger partial charge in [-0.05, 0) is 34.7 Å². The molecule has 102 valence electrons. The third-order valence-corrected chi connectivity index (χ3v) is 3.55. The lowest BCUT2D eigenvalue weighted by Crippen LogP contribution is -2.34. The van der Waals surface area contributed by atoms with Crippen LogP contribution in [-0.2, 0) is 0 Å². The van der Waals surface area contributed by atoms with Crippen molar-refractivity contribution in [3.63, 3.8) is 0 Å². The second-order valence-electron chi connectivity index (χ2n) is 6.14. The Labute approximate surface area is 115 Å². The lowest BCUT2D eigenvalue weighted by Gasteiger charge is -2.32. The van der Waals surface area contributed by atoms with Gasteiger partial charge in [0.1, 0.15) is 0 Å². The van der Waals surface area contributed by atoms with Gasteiger partial charge < -0.3 is 10.4 Å². The van der Waals surface area contributed by atoms with E-state index in [0.29, 0.717) is 0 Å². The highest BCUT2D eigenvalue weighted by Crippen LogP contribution is 2.27. The van der Waals surface area contributed by atoms with E-state index in [1.54, 1.807) is 0 Å². The Morgan fingerprint density at radius 1 is 1.05 bits per heavy atom. The number of aliphatic hydroxyl groups is 1. The molecule has 2 rings (SSSR count). The molecule has 0 saturated carbocycles. The van der Waals surface area contributed by atoms with Crippen molar-refractivity contribution in [3.05, 3.63) is 42.5 Å². The number of hydrogen-bond acceptors (Lipinski definition) is 2. The maximum Gasteiger partial charge on any atom is 0.0450 e. The Balaban J connectivity index is 2.23. The molecule has 0 saturated heterocycles. The molecular formula is C17H23NO. The summed E-state index contributed by atoms with van der Waals surface area (Å²) in [5.41, 5.74) is 1.24. The van der Waals surface area contributed by atoms with Crippen LogP contribution >= 0.6 is 0 Å². The van der Waals surface area contributed by atoms with E-state index in [1.165, 1.54) is 10.8 Å². The second kappa shape index (κ2) is 5.62. The highest BCUT2D eigenvalue weighted by Gasteiger charge is 2.23. The quantitative estimate of drug-likeness (QED) is 0.866. The van der Waals surface area contributed by atoms with Gasteiger partial charge in [0.2, 0.25) is 0 Å². The van der Waals surface area contributed by atoms with Crippen molar-refractivity contribution in [2.75, 3.05) is 11.9 Å². The number of anilines is 1. The standard InChI is InChI=1S/C17H23NO/c1-17(2,3)16(10-11-19)18-15-9-8-13-6-4-5-7-14(13)12-15/h4-9,12,16,18-19H,10-11H2,1-3H3. The summed E-state index contributed by atoms with van der Waals surface area (Å²) in [4.78, 5) is 0. The molecule has 0 aliphatic carbocycles. The van der Waals surface area contributed by atoms with E-state index in [0.717, 1.165) is 12.1 Å². The van der Waals surface area contributed by atoms with Crippen molar-refractivity contribution >= 4 is 16.5 Å². The van der Waals surface area contributed by atoms with E-state index in [1.807, 2.05) is 0 Å². The minimum atomic E-state index is 0.119. The molecule has 0 aromatic heterocycles. The third-order valence-electron chi connectivity index (χ3n) is 3.55. The zero-order chi connectivity index (χ0) is 13.9. The van der Waals surface area contributed by atoms with Crippen molar-refractivity contribution < 1.29 is 5.11 Å². The minimum absolute atomic E-state index is 0.119. The van der Waals surface area contributed by atoms with Crippen LogP contribution in [0.3, 0.4) is 0 Å². The number of fused-ring (bicyclic) bond motifs is 1. The van der Waals surface area contributed by atoms with Crippen LogP contribution in [0.15, 0.2) is 42.5 Å². The summed E-state index contributed by atoms with van der Waals surface area (Å²) in [6.45, 7) is 6.80. The van der Waals surface area contributed by atoms with Gasteiger partial charge >= 0.3 is 0 Å². The molecule has 0 fully saturated rings. The Morgan fingerprint density at radius 3 is 2.37 bits per heavy atom. The van der Waals surface area contributed by atoms with Crippen LogP contribution in [-0.4, -0.2) is 17.8 Å². The molecule has 2 nitrogen and oxygen atoms in total. The molecule has 2 N–H and O–H groups in total. The highest BCUT2D eigenvalue weighted by atomic mass is 16.3. The lowest BCUT2D eigenvalue weighted by atomic mass is 9.84. The molecule has 0 aliphatic rings. The van der Waals surface area contributed by atoms with Gasteiger partial charge in [0, 0.05) is 18.3 Å². The summed E-state index contributed by atoms with van der Waals surface area (Å²) in [6, 6.07) is 15.0. The van der Waals surface area contributed by atoms with Crippen LogP contribution in [0, 0.1) is 5.41 Å². The number of benzene rings is 2. The zero-order valence-corrected chi connectivity index (χ0v) is 12.0. The number of rotatable bonds is 4. The van der Waals surface area contributed by atoms with Crippen LogP contribution in [0.1, 0.15) is 27.2 Å². The van der Waals surface area contributed by atoms with E-state index in [-0.39, 0.29) is 18.1 Å². The monoisotopic (exact) mass is 257 g/mol. The van der Waals surface area contributed by atoms with Gasteiger partial charge in [-0.3, -0.25) is 0 Å². The van der Waals surface area contributed by atoms with Crippen LogP contribution in [0.4, 0.5) is 5.69 Å². The van der Waals surface area contributed by atoms with Crippen LogP contribution < -0.4 is 5.32 Å². The molecule has 0 aliphatic heterocycles. The molecule has 0 heterocycles. The molecule has 1 atom stereocenters. The summed E-state index contributed by atoms with van der Waals surface area (Å²) < 4.78 is 0. The smallest absolute Gasteiger partial charge is 0.0450 e. The second-order valence-corrected chi connectivity index (χ2v) is 6.14. The van der Waals surface area contributed by atoms with Crippen LogP contribution in [0.25, 0.3) is 10.8 Å². The van der Waals surface area contributed by atoms with E-state index in [2.05, 4.69) is 68.6 Å². The van der Waals surface area contributed by atoms with Gasteiger partial charge in [0.15, 0.2) is 0 Å². The molecule has 0 radical (unpaired) electrons. The largest absolute Gasteiger partial charge is 0.396 e. The van der Waals surface area contributed by atoms with Gasteiger partial charge in [-0.2, -0.15) is 0 Å². The minimum Gasteiger partial charge on any atom is -0.396 e. The van der Waals surface area contributed by atoms with Crippen molar-refractivity contribution in [2.24, 2.45) is 5.41 Å². The first-order valence-corrected chi connectivity index (χ1v) is 6.87. The summed E-state index contributed by atoms with van der Waals surface area (Å²) in [5, 5.41) is 15.3. The molecule has 19 heavy (non-hydrogen) atoms. The van der Waals surface area contributed by atoms with Gasteiger partial charge in [0.25, 0.3) is 0 Å². The normalized spacial score (nSPS) is 13.5. The average molecular weight is 257 g/mol. The molecule has 2 heteroatoms. The molecule has 2 aromatic rings. The van der Waals surface area contributed by atoms with E-state index in [9.17, 15) is 5.11 Å². The summed E-state index contributed by atoms with van der Waals surface area (Å²) in [6.07, 6.45) is 0.760. The SMILES string of the molecule is CC(C)(C)C(CCO)Nc1ccc2ccccc2c1. The summed E-state index contributed by atoms with van der Waals surface area (Å²) in [5.74, 6) is 0. The number of hydrogen-bond donors (Lipinski definition) is 2. The summed E-state index contributed by atoms with van der Waals surface area (Å²) >= 11 is 0. The maximum absolute atomic E-state index is 9.21. The van der Waals surface area contributed by atoms with Crippen molar-refractivity contribution in [2.45, 2.75) is 33.2 Å². The first kappa shape index (κ1) is 13.9. The van der Waals surface area contributed by atoms with E-state index < -0.39 is 0 Å². The van der Waals surface area contributed by atoms with E-state index in [4.69, 9.17) is 0 Å². The Morgan fingerprint density at radius 2 is 1.74 bits per heavy atom. The Hall–Kier alpha value is -1.54. The lowest BCUT2D eigenvalue weighted by molar-refractivity contribution is 0.235. The van der Waals surface area contributed by atoms with Gasteiger partial charge in [-0.15, -0.1) is 0 Å². The maximum atomic E-state index is 9.21. The molecular weight excluding hydrogens is 234 g/mol. The van der Waals surface area contributed by atoms with Crippen molar-refractivity contribution in [1.82, 2.24) is 0 Å². The van der Waals surface area contributed by atoms with Crippen molar-refractivity contribution in [1.29, 1.82) is 0 Å². The fourth-order valence-electron chi connectivity index (χ4n) is 2.33. The van der Waals surface area contributed by atoms with Crippen molar-refractivity contribution in [3.8, 4) is 0 Å². The third kappa shape index (κ3) is 3.48. The fraction of sp³-hybridized carbons (Fsp3) is 0.412.